The summed E-state index contributed by atoms with van der Waals surface area (Å²) in [5.41, 5.74) is 8.43. The number of rotatable bonds is 22. The standard InChI is InChI=1S/C35H62N6O5.ClH/c1-24(2)27(16-26-12-13-32(45-10)33(17-26)46-15-11-14-44-9)18-30(36)31(42)19-29(25(3)4)34(43)37-22-35(5,6)23-41-21-28(38-39-41)20-40(7)8;/h12-13,17,21,24-25,27,29-31,42H,11,14-16,18-20,22-23,36H2,1-10H3,(H,37,43);1H/t27-,29-,30-,31-;/m0./s1. The van der Waals surface area contributed by atoms with Gasteiger partial charge < -0.3 is 35.3 Å². The van der Waals surface area contributed by atoms with Gasteiger partial charge in [-0.25, -0.2) is 0 Å². The number of hydrogen-bond acceptors (Lipinski definition) is 9. The van der Waals surface area contributed by atoms with E-state index in [2.05, 4.69) is 49.4 Å². The number of benzene rings is 1. The Balaban J connectivity index is 0.0000110. The second-order valence-corrected chi connectivity index (χ2v) is 14.5. The largest absolute Gasteiger partial charge is 0.493 e. The highest BCUT2D eigenvalue weighted by atomic mass is 35.5. The molecule has 1 aromatic carbocycles. The number of nitrogens with one attached hydrogen (secondary N) is 1. The van der Waals surface area contributed by atoms with Crippen LogP contribution >= 0.6 is 12.4 Å². The molecule has 1 amide bonds. The lowest BCUT2D eigenvalue weighted by atomic mass is 9.80. The molecular formula is C35H63ClN6O5. The smallest absolute Gasteiger partial charge is 0.223 e. The summed E-state index contributed by atoms with van der Waals surface area (Å²) in [6.45, 7) is 15.6. The molecule has 0 bridgehead atoms. The molecule has 11 nitrogen and oxygen atoms in total. The number of hydrogen-bond donors (Lipinski definition) is 3. The van der Waals surface area contributed by atoms with E-state index >= 15 is 0 Å². The summed E-state index contributed by atoms with van der Waals surface area (Å²) in [6, 6.07) is 5.58. The molecule has 0 radical (unpaired) electrons. The molecule has 2 aromatic rings. The minimum atomic E-state index is -0.798. The van der Waals surface area contributed by atoms with E-state index in [0.717, 1.165) is 30.6 Å². The lowest BCUT2D eigenvalue weighted by Crippen LogP contribution is -2.44. The topological polar surface area (TPSA) is 137 Å². The van der Waals surface area contributed by atoms with Crippen molar-refractivity contribution in [2.75, 3.05) is 48.1 Å². The van der Waals surface area contributed by atoms with Crippen LogP contribution in [0, 0.1) is 29.1 Å². The molecule has 0 aliphatic heterocycles. The highest BCUT2D eigenvalue weighted by Crippen LogP contribution is 2.32. The molecule has 4 N–H and O–H groups in total. The van der Waals surface area contributed by atoms with Crippen molar-refractivity contribution < 1.29 is 24.1 Å². The second-order valence-electron chi connectivity index (χ2n) is 14.5. The third-order valence-corrected chi connectivity index (χ3v) is 8.52. The maximum Gasteiger partial charge on any atom is 0.223 e. The highest BCUT2D eigenvalue weighted by molar-refractivity contribution is 5.85. The molecule has 47 heavy (non-hydrogen) atoms. The molecule has 1 aromatic heterocycles. The van der Waals surface area contributed by atoms with Crippen LogP contribution < -0.4 is 20.5 Å². The fraction of sp³-hybridized carbons (Fsp3) is 0.743. The number of ether oxygens (including phenoxy) is 3. The van der Waals surface area contributed by atoms with Gasteiger partial charge in [-0.05, 0) is 68.8 Å². The third-order valence-electron chi connectivity index (χ3n) is 8.52. The second kappa shape index (κ2) is 20.8. The number of halogens is 1. The fourth-order valence-corrected chi connectivity index (χ4v) is 5.63. The van der Waals surface area contributed by atoms with Crippen LogP contribution in [-0.2, 0) is 29.0 Å². The van der Waals surface area contributed by atoms with Gasteiger partial charge in [0.2, 0.25) is 5.91 Å². The first-order valence-electron chi connectivity index (χ1n) is 16.7. The van der Waals surface area contributed by atoms with E-state index in [1.807, 2.05) is 55.9 Å². The summed E-state index contributed by atoms with van der Waals surface area (Å²) in [7, 11) is 7.31. The predicted molar refractivity (Wildman–Crippen MR) is 190 cm³/mol. The number of aliphatic hydroxyl groups is 1. The van der Waals surface area contributed by atoms with Gasteiger partial charge in [0.05, 0.1) is 25.5 Å². The van der Waals surface area contributed by atoms with E-state index in [1.54, 1.807) is 14.2 Å². The van der Waals surface area contributed by atoms with Crippen molar-refractivity contribution >= 4 is 18.3 Å². The van der Waals surface area contributed by atoms with E-state index < -0.39 is 12.1 Å². The van der Waals surface area contributed by atoms with Crippen molar-refractivity contribution in [2.24, 2.45) is 34.8 Å². The highest BCUT2D eigenvalue weighted by Gasteiger charge is 2.31. The molecule has 0 saturated heterocycles. The number of aliphatic hydroxyl groups excluding tert-OH is 1. The number of aromatic nitrogens is 3. The Bertz CT molecular complexity index is 1180. The molecule has 0 saturated carbocycles. The third kappa shape index (κ3) is 15.1. The molecule has 270 valence electrons. The Morgan fingerprint density at radius 1 is 1.09 bits per heavy atom. The normalized spacial score (nSPS) is 14.5. The SMILES string of the molecule is COCCCOc1cc(C[C@@H](C[C@H](N)[C@@H](O)C[C@H](C(=O)NCC(C)(C)Cn2cc(CN(C)C)nn2)C(C)C)C(C)C)ccc1OC.Cl. The summed E-state index contributed by atoms with van der Waals surface area (Å²) in [4.78, 5) is 15.5. The molecule has 0 fully saturated rings. The van der Waals surface area contributed by atoms with Crippen LogP contribution in [0.15, 0.2) is 24.4 Å². The van der Waals surface area contributed by atoms with Crippen LogP contribution in [-0.4, -0.2) is 91.1 Å². The van der Waals surface area contributed by atoms with Gasteiger partial charge in [-0.1, -0.05) is 52.8 Å². The number of carbonyl (C=O) groups excluding carboxylic acids is 1. The zero-order chi connectivity index (χ0) is 34.4. The number of nitrogens with two attached hydrogens (primary N) is 1. The maximum absolute atomic E-state index is 13.4. The van der Waals surface area contributed by atoms with Crippen molar-refractivity contribution in [1.82, 2.24) is 25.2 Å². The first-order valence-corrected chi connectivity index (χ1v) is 16.7. The van der Waals surface area contributed by atoms with Gasteiger partial charge >= 0.3 is 0 Å². The Labute approximate surface area is 289 Å². The lowest BCUT2D eigenvalue weighted by molar-refractivity contribution is -0.128. The molecule has 0 spiro atoms. The quantitative estimate of drug-likeness (QED) is 0.152. The average molecular weight is 683 g/mol. The molecule has 0 aliphatic rings. The van der Waals surface area contributed by atoms with E-state index in [1.165, 1.54) is 0 Å². The first-order chi connectivity index (χ1) is 21.6. The minimum absolute atomic E-state index is 0. The van der Waals surface area contributed by atoms with E-state index in [4.69, 9.17) is 19.9 Å². The Kier molecular flexibility index (Phi) is 18.9. The molecular weight excluding hydrogens is 620 g/mol. The molecule has 12 heteroatoms. The van der Waals surface area contributed by atoms with Gasteiger partial charge in [-0.3, -0.25) is 9.48 Å². The van der Waals surface area contributed by atoms with Crippen LogP contribution in [0.1, 0.15) is 72.1 Å². The summed E-state index contributed by atoms with van der Waals surface area (Å²) in [5.74, 6) is 1.64. The van der Waals surface area contributed by atoms with Gasteiger partial charge in [0.1, 0.15) is 0 Å². The Morgan fingerprint density at radius 2 is 1.79 bits per heavy atom. The van der Waals surface area contributed by atoms with Crippen molar-refractivity contribution in [3.63, 3.8) is 0 Å². The molecule has 1 heterocycles. The number of methoxy groups -OCH3 is 2. The van der Waals surface area contributed by atoms with Gasteiger partial charge in [0, 0.05) is 63.3 Å². The fourth-order valence-electron chi connectivity index (χ4n) is 5.63. The van der Waals surface area contributed by atoms with Gasteiger partial charge in [0.25, 0.3) is 0 Å². The van der Waals surface area contributed by atoms with Crippen LogP contribution in [0.3, 0.4) is 0 Å². The van der Waals surface area contributed by atoms with Crippen LogP contribution in [0.4, 0.5) is 0 Å². The van der Waals surface area contributed by atoms with Gasteiger partial charge in [0.15, 0.2) is 11.5 Å². The number of nitrogens with zero attached hydrogens (tertiary/aromatic N) is 4. The summed E-state index contributed by atoms with van der Waals surface area (Å²) < 4.78 is 18.5. The predicted octanol–water partition coefficient (Wildman–Crippen LogP) is 4.58. The maximum atomic E-state index is 13.4. The van der Waals surface area contributed by atoms with Crippen LogP contribution in [0.2, 0.25) is 0 Å². The molecule has 0 aliphatic carbocycles. The number of carbonyl (C=O) groups is 1. The van der Waals surface area contributed by atoms with Crippen molar-refractivity contribution in [3.05, 3.63) is 35.7 Å². The van der Waals surface area contributed by atoms with Crippen molar-refractivity contribution in [3.8, 4) is 11.5 Å². The summed E-state index contributed by atoms with van der Waals surface area (Å²) in [6.07, 6.45) is 3.70. The van der Waals surface area contributed by atoms with Crippen LogP contribution in [0.5, 0.6) is 11.5 Å². The van der Waals surface area contributed by atoms with Crippen LogP contribution in [0.25, 0.3) is 0 Å². The average Bonchev–Trinajstić information content (AvgIpc) is 3.41. The zero-order valence-corrected chi connectivity index (χ0v) is 31.3. The minimum Gasteiger partial charge on any atom is -0.493 e. The van der Waals surface area contributed by atoms with Crippen molar-refractivity contribution in [2.45, 2.75) is 92.5 Å². The number of amides is 1. The molecule has 0 unspecified atom stereocenters. The monoisotopic (exact) mass is 682 g/mol. The van der Waals surface area contributed by atoms with Gasteiger partial charge in [-0.15, -0.1) is 17.5 Å². The summed E-state index contributed by atoms with van der Waals surface area (Å²) >= 11 is 0. The first kappa shape index (κ1) is 42.6. The van der Waals surface area contributed by atoms with E-state index in [9.17, 15) is 9.90 Å². The summed E-state index contributed by atoms with van der Waals surface area (Å²) in [5, 5.41) is 22.9. The Hall–Kier alpha value is -2.44. The molecule has 4 atom stereocenters. The Morgan fingerprint density at radius 3 is 2.38 bits per heavy atom. The molecule has 2 rings (SSSR count). The van der Waals surface area contributed by atoms with E-state index in [-0.39, 0.29) is 41.5 Å². The van der Waals surface area contributed by atoms with E-state index in [0.29, 0.717) is 56.6 Å². The van der Waals surface area contributed by atoms with Gasteiger partial charge in [-0.2, -0.15) is 0 Å². The van der Waals surface area contributed by atoms with Crippen molar-refractivity contribution in [1.29, 1.82) is 0 Å². The lowest BCUT2D eigenvalue weighted by Gasteiger charge is -2.31. The zero-order valence-electron chi connectivity index (χ0n) is 30.5.